The zero-order valence-electron chi connectivity index (χ0n) is 10.0. The highest BCUT2D eigenvalue weighted by molar-refractivity contribution is 7.09. The van der Waals surface area contributed by atoms with Crippen LogP contribution in [0.5, 0.6) is 0 Å². The Morgan fingerprint density at radius 1 is 1.62 bits per heavy atom. The van der Waals surface area contributed by atoms with Gasteiger partial charge < -0.3 is 5.11 Å². The maximum Gasteiger partial charge on any atom is 0.0968 e. The predicted octanol–water partition coefficient (Wildman–Crippen LogP) is 2.09. The molecule has 1 N–H and O–H groups in total. The summed E-state index contributed by atoms with van der Waals surface area (Å²) in [5, 5.41) is 13.1. The van der Waals surface area contributed by atoms with Crippen LogP contribution in [0.1, 0.15) is 37.6 Å². The Morgan fingerprint density at radius 3 is 3.06 bits per heavy atom. The molecule has 0 spiro atoms. The average Bonchev–Trinajstić information content (AvgIpc) is 2.68. The lowest BCUT2D eigenvalue weighted by Crippen LogP contribution is -2.43. The van der Waals surface area contributed by atoms with Crippen molar-refractivity contribution in [2.45, 2.75) is 38.2 Å². The van der Waals surface area contributed by atoms with Crippen LogP contribution in [0.25, 0.3) is 0 Å². The molecule has 4 heteroatoms. The van der Waals surface area contributed by atoms with Crippen molar-refractivity contribution in [1.29, 1.82) is 0 Å². The summed E-state index contributed by atoms with van der Waals surface area (Å²) in [4.78, 5) is 6.76. The SMILES string of the molecule is CC(C)(O)CN1CCCC(c2nccs2)C1. The lowest BCUT2D eigenvalue weighted by molar-refractivity contribution is 0.0271. The molecule has 1 aromatic rings. The molecule has 1 fully saturated rings. The lowest BCUT2D eigenvalue weighted by Gasteiger charge is -2.35. The molecule has 3 nitrogen and oxygen atoms in total. The van der Waals surface area contributed by atoms with Crippen LogP contribution < -0.4 is 0 Å². The second-order valence-corrected chi connectivity index (χ2v) is 6.18. The van der Waals surface area contributed by atoms with E-state index in [2.05, 4.69) is 9.88 Å². The normalized spacial score (nSPS) is 23.6. The van der Waals surface area contributed by atoms with E-state index in [0.717, 1.165) is 19.6 Å². The summed E-state index contributed by atoms with van der Waals surface area (Å²) in [7, 11) is 0. The van der Waals surface area contributed by atoms with E-state index in [-0.39, 0.29) is 0 Å². The van der Waals surface area contributed by atoms with Gasteiger partial charge in [0.05, 0.1) is 10.6 Å². The maximum absolute atomic E-state index is 9.83. The number of nitrogens with zero attached hydrogens (tertiary/aromatic N) is 2. The van der Waals surface area contributed by atoms with Gasteiger partial charge in [-0.2, -0.15) is 0 Å². The number of aliphatic hydroxyl groups is 1. The lowest BCUT2D eigenvalue weighted by atomic mass is 9.97. The molecule has 0 aliphatic carbocycles. The molecule has 1 saturated heterocycles. The second-order valence-electron chi connectivity index (χ2n) is 5.26. The Kier molecular flexibility index (Phi) is 3.62. The summed E-state index contributed by atoms with van der Waals surface area (Å²) in [6.07, 6.45) is 4.32. The van der Waals surface area contributed by atoms with E-state index in [4.69, 9.17) is 0 Å². The number of aromatic nitrogens is 1. The third-order valence-electron chi connectivity index (χ3n) is 2.92. The van der Waals surface area contributed by atoms with Crippen LogP contribution in [-0.4, -0.2) is 40.2 Å². The fraction of sp³-hybridized carbons (Fsp3) is 0.750. The quantitative estimate of drug-likeness (QED) is 0.879. The molecule has 2 rings (SSSR count). The van der Waals surface area contributed by atoms with Crippen molar-refractivity contribution in [3.63, 3.8) is 0 Å². The summed E-state index contributed by atoms with van der Waals surface area (Å²) >= 11 is 1.75. The van der Waals surface area contributed by atoms with Gasteiger partial charge in [-0.1, -0.05) is 0 Å². The van der Waals surface area contributed by atoms with Gasteiger partial charge in [-0.05, 0) is 33.2 Å². The molecule has 1 aromatic heterocycles. The minimum Gasteiger partial charge on any atom is -0.389 e. The Balaban J connectivity index is 1.94. The molecular formula is C12H20N2OS. The zero-order chi connectivity index (χ0) is 11.6. The van der Waals surface area contributed by atoms with Gasteiger partial charge in [-0.3, -0.25) is 4.90 Å². The number of rotatable bonds is 3. The molecule has 0 aromatic carbocycles. The first kappa shape index (κ1) is 12.0. The van der Waals surface area contributed by atoms with Crippen molar-refractivity contribution in [1.82, 2.24) is 9.88 Å². The summed E-state index contributed by atoms with van der Waals surface area (Å²) in [6.45, 7) is 6.65. The number of β-amino-alcohol motifs (C(OH)–C–C–N with tert-alkyl or cyclic N) is 1. The van der Waals surface area contributed by atoms with Crippen LogP contribution in [0.15, 0.2) is 11.6 Å². The summed E-state index contributed by atoms with van der Waals surface area (Å²) in [5.41, 5.74) is -0.592. The molecule has 90 valence electrons. The van der Waals surface area contributed by atoms with Crippen molar-refractivity contribution in [3.8, 4) is 0 Å². The van der Waals surface area contributed by atoms with Gasteiger partial charge in [-0.25, -0.2) is 4.98 Å². The molecule has 1 unspecified atom stereocenters. The standard InChI is InChI=1S/C12H20N2OS/c1-12(2,15)9-14-6-3-4-10(8-14)11-13-5-7-16-11/h5,7,10,15H,3-4,6,8-9H2,1-2H3. The van der Waals surface area contributed by atoms with Crippen molar-refractivity contribution in [3.05, 3.63) is 16.6 Å². The minimum absolute atomic E-state index is 0.566. The smallest absolute Gasteiger partial charge is 0.0968 e. The summed E-state index contributed by atoms with van der Waals surface area (Å²) in [6, 6.07) is 0. The summed E-state index contributed by atoms with van der Waals surface area (Å²) < 4.78 is 0. The minimum atomic E-state index is -0.592. The first-order valence-corrected chi connectivity index (χ1v) is 6.77. The molecule has 0 saturated carbocycles. The fourth-order valence-electron chi connectivity index (χ4n) is 2.38. The maximum atomic E-state index is 9.83. The highest BCUT2D eigenvalue weighted by Crippen LogP contribution is 2.28. The Hall–Kier alpha value is -0.450. The second kappa shape index (κ2) is 4.82. The van der Waals surface area contributed by atoms with Crippen LogP contribution in [-0.2, 0) is 0 Å². The number of piperidine rings is 1. The van der Waals surface area contributed by atoms with Crippen molar-refractivity contribution >= 4 is 11.3 Å². The third-order valence-corrected chi connectivity index (χ3v) is 3.85. The predicted molar refractivity (Wildman–Crippen MR) is 66.8 cm³/mol. The van der Waals surface area contributed by atoms with Crippen LogP contribution in [0.2, 0.25) is 0 Å². The van der Waals surface area contributed by atoms with Crippen molar-refractivity contribution in [2.75, 3.05) is 19.6 Å². The van der Waals surface area contributed by atoms with E-state index in [1.165, 1.54) is 17.8 Å². The monoisotopic (exact) mass is 240 g/mol. The number of likely N-dealkylation sites (tertiary alicyclic amines) is 1. The van der Waals surface area contributed by atoms with E-state index in [1.807, 2.05) is 25.4 Å². The number of hydrogen-bond donors (Lipinski definition) is 1. The fourth-order valence-corrected chi connectivity index (χ4v) is 3.15. The van der Waals surface area contributed by atoms with E-state index in [0.29, 0.717) is 5.92 Å². The van der Waals surface area contributed by atoms with E-state index < -0.39 is 5.60 Å². The first-order valence-electron chi connectivity index (χ1n) is 5.89. The van der Waals surface area contributed by atoms with E-state index in [9.17, 15) is 5.11 Å². The molecular weight excluding hydrogens is 220 g/mol. The van der Waals surface area contributed by atoms with Crippen LogP contribution in [0.3, 0.4) is 0 Å². The molecule has 0 bridgehead atoms. The molecule has 16 heavy (non-hydrogen) atoms. The summed E-state index contributed by atoms with van der Waals surface area (Å²) in [5.74, 6) is 0.566. The number of thiazole rings is 1. The topological polar surface area (TPSA) is 36.4 Å². The van der Waals surface area contributed by atoms with Gasteiger partial charge in [0.1, 0.15) is 0 Å². The van der Waals surface area contributed by atoms with Gasteiger partial charge in [0, 0.05) is 30.6 Å². The molecule has 2 heterocycles. The molecule has 1 aliphatic heterocycles. The van der Waals surface area contributed by atoms with Gasteiger partial charge >= 0.3 is 0 Å². The largest absolute Gasteiger partial charge is 0.389 e. The molecule has 1 atom stereocenters. The highest BCUT2D eigenvalue weighted by atomic mass is 32.1. The highest BCUT2D eigenvalue weighted by Gasteiger charge is 2.26. The van der Waals surface area contributed by atoms with Gasteiger partial charge in [0.15, 0.2) is 0 Å². The van der Waals surface area contributed by atoms with Crippen LogP contribution >= 0.6 is 11.3 Å². The molecule has 0 amide bonds. The van der Waals surface area contributed by atoms with Gasteiger partial charge in [-0.15, -0.1) is 11.3 Å². The first-order chi connectivity index (χ1) is 7.54. The van der Waals surface area contributed by atoms with E-state index >= 15 is 0 Å². The Bertz CT molecular complexity index is 318. The van der Waals surface area contributed by atoms with E-state index in [1.54, 1.807) is 11.3 Å². The Labute approximate surface area is 101 Å². The van der Waals surface area contributed by atoms with Crippen LogP contribution in [0.4, 0.5) is 0 Å². The van der Waals surface area contributed by atoms with Crippen LogP contribution in [0, 0.1) is 0 Å². The molecule has 0 radical (unpaired) electrons. The van der Waals surface area contributed by atoms with Gasteiger partial charge in [0.25, 0.3) is 0 Å². The number of hydrogen-bond acceptors (Lipinski definition) is 4. The van der Waals surface area contributed by atoms with Gasteiger partial charge in [0.2, 0.25) is 0 Å². The third kappa shape index (κ3) is 3.27. The Morgan fingerprint density at radius 2 is 2.44 bits per heavy atom. The van der Waals surface area contributed by atoms with Crippen molar-refractivity contribution in [2.24, 2.45) is 0 Å². The van der Waals surface area contributed by atoms with Crippen molar-refractivity contribution < 1.29 is 5.11 Å². The molecule has 1 aliphatic rings. The average molecular weight is 240 g/mol. The zero-order valence-corrected chi connectivity index (χ0v) is 10.8.